The van der Waals surface area contributed by atoms with Crippen LogP contribution in [0.5, 0.6) is 0 Å². The molecule has 0 aliphatic carbocycles. The molecule has 2 aromatic carbocycles. The van der Waals surface area contributed by atoms with E-state index in [0.29, 0.717) is 12.2 Å². The quantitative estimate of drug-likeness (QED) is 0.709. The van der Waals surface area contributed by atoms with Crippen LogP contribution in [0.15, 0.2) is 54.9 Å². The maximum absolute atomic E-state index is 11.6. The molecule has 1 heterocycles. The molecule has 0 radical (unpaired) electrons. The third-order valence-electron chi connectivity index (χ3n) is 3.20. The lowest BCUT2D eigenvalue weighted by Gasteiger charge is -2.08. The van der Waals surface area contributed by atoms with Gasteiger partial charge in [-0.1, -0.05) is 12.1 Å². The van der Waals surface area contributed by atoms with E-state index in [1.807, 2.05) is 36.4 Å². The summed E-state index contributed by atoms with van der Waals surface area (Å²) in [6, 6.07) is 14.9. The summed E-state index contributed by atoms with van der Waals surface area (Å²) in [7, 11) is 0. The molecule has 23 heavy (non-hydrogen) atoms. The number of hydrogen-bond donors (Lipinski definition) is 1. The third kappa shape index (κ3) is 3.76. The van der Waals surface area contributed by atoms with E-state index < -0.39 is 0 Å². The van der Waals surface area contributed by atoms with Gasteiger partial charge in [-0.2, -0.15) is 0 Å². The number of nitrogens with one attached hydrogen (secondary N) is 1. The second-order valence-corrected chi connectivity index (χ2v) is 4.66. The molecule has 5 nitrogen and oxygen atoms in total. The molecule has 0 aliphatic heterocycles. The van der Waals surface area contributed by atoms with E-state index in [9.17, 15) is 4.79 Å². The summed E-state index contributed by atoms with van der Waals surface area (Å²) >= 11 is 0. The van der Waals surface area contributed by atoms with Gasteiger partial charge in [0.1, 0.15) is 12.1 Å². The van der Waals surface area contributed by atoms with Gasteiger partial charge in [0, 0.05) is 11.1 Å². The average molecular weight is 329 g/mol. The topological polar surface area (TPSA) is 64.1 Å². The van der Waals surface area contributed by atoms with E-state index in [2.05, 4.69) is 15.3 Å². The van der Waals surface area contributed by atoms with Crippen LogP contribution < -0.4 is 17.7 Å². The Bertz CT molecular complexity index is 801. The van der Waals surface area contributed by atoms with Crippen molar-refractivity contribution >= 4 is 28.4 Å². The molecular weight excluding hydrogens is 314 g/mol. The molecule has 0 atom stereocenters. The second-order valence-electron chi connectivity index (χ2n) is 4.66. The van der Waals surface area contributed by atoms with E-state index in [-0.39, 0.29) is 18.4 Å². The van der Waals surface area contributed by atoms with Crippen LogP contribution in [0.2, 0.25) is 0 Å². The van der Waals surface area contributed by atoms with Crippen molar-refractivity contribution in [2.24, 2.45) is 0 Å². The predicted molar refractivity (Wildman–Crippen MR) is 85.2 cm³/mol. The highest BCUT2D eigenvalue weighted by Crippen LogP contribution is 2.22. The molecule has 0 saturated carbocycles. The maximum Gasteiger partial charge on any atom is 0.338 e. The minimum atomic E-state index is -0.318. The Balaban J connectivity index is 0.00000192. The minimum absolute atomic E-state index is 0. The first-order valence-electron chi connectivity index (χ1n) is 7.02. The maximum atomic E-state index is 11.6. The highest BCUT2D eigenvalue weighted by Gasteiger charge is 2.07. The fourth-order valence-electron chi connectivity index (χ4n) is 2.15. The molecule has 0 bridgehead atoms. The van der Waals surface area contributed by atoms with Gasteiger partial charge in [-0.15, -0.1) is 0 Å². The number of rotatable bonds is 4. The summed E-state index contributed by atoms with van der Waals surface area (Å²) in [6.45, 7) is 2.15. The number of carbonyl (C=O) groups excluding carboxylic acids is 1. The summed E-state index contributed by atoms with van der Waals surface area (Å²) in [5, 5.41) is 4.19. The van der Waals surface area contributed by atoms with Crippen LogP contribution in [0.1, 0.15) is 17.3 Å². The molecule has 6 heteroatoms. The lowest BCUT2D eigenvalue weighted by molar-refractivity contribution is -0.0000225. The Morgan fingerprint density at radius 3 is 2.57 bits per heavy atom. The Labute approximate surface area is 140 Å². The lowest BCUT2D eigenvalue weighted by Crippen LogP contribution is -3.00. The Morgan fingerprint density at radius 1 is 1.09 bits per heavy atom. The van der Waals surface area contributed by atoms with Crippen LogP contribution in [0.3, 0.4) is 0 Å². The summed E-state index contributed by atoms with van der Waals surface area (Å²) in [5.41, 5.74) is 2.25. The number of para-hydroxylation sites is 1. The molecule has 1 N–H and O–H groups in total. The standard InChI is InChI=1S/C17H15N3O2.ClH/c1-2-22-17(21)12-7-9-13(10-8-12)20-16-14-5-3-4-6-15(14)18-11-19-16;/h3-11H,2H2,1H3,(H,18,19,20);1H/p-1. The van der Waals surface area contributed by atoms with Gasteiger partial charge in [-0.05, 0) is 43.3 Å². The van der Waals surface area contributed by atoms with Crippen molar-refractivity contribution in [2.45, 2.75) is 6.92 Å². The van der Waals surface area contributed by atoms with Gasteiger partial charge in [0.15, 0.2) is 0 Å². The summed E-state index contributed by atoms with van der Waals surface area (Å²) in [5.74, 6) is 0.413. The number of anilines is 2. The molecule has 0 amide bonds. The molecule has 0 fully saturated rings. The first-order chi connectivity index (χ1) is 10.8. The van der Waals surface area contributed by atoms with Crippen molar-refractivity contribution in [3.8, 4) is 0 Å². The zero-order valence-electron chi connectivity index (χ0n) is 12.5. The Hall–Kier alpha value is -2.66. The SMILES string of the molecule is CCOC(=O)c1ccc(Nc2ncnc3ccccc23)cc1.[Cl-]. The molecule has 1 aromatic heterocycles. The van der Waals surface area contributed by atoms with Gasteiger partial charge in [0.05, 0.1) is 17.7 Å². The van der Waals surface area contributed by atoms with Gasteiger partial charge in [0.2, 0.25) is 0 Å². The molecule has 0 unspecified atom stereocenters. The smallest absolute Gasteiger partial charge is 0.338 e. The van der Waals surface area contributed by atoms with E-state index >= 15 is 0 Å². The number of carbonyl (C=O) groups is 1. The van der Waals surface area contributed by atoms with Crippen LogP contribution in [-0.2, 0) is 4.74 Å². The fourth-order valence-corrected chi connectivity index (χ4v) is 2.15. The summed E-state index contributed by atoms with van der Waals surface area (Å²) in [6.07, 6.45) is 1.53. The van der Waals surface area contributed by atoms with E-state index in [0.717, 1.165) is 22.4 Å². The van der Waals surface area contributed by atoms with Crippen molar-refractivity contribution < 1.29 is 21.9 Å². The van der Waals surface area contributed by atoms with Gasteiger partial charge in [-0.25, -0.2) is 14.8 Å². The highest BCUT2D eigenvalue weighted by molar-refractivity contribution is 5.92. The molecule has 3 aromatic rings. The Morgan fingerprint density at radius 2 is 1.83 bits per heavy atom. The lowest BCUT2D eigenvalue weighted by atomic mass is 10.2. The van der Waals surface area contributed by atoms with Crippen molar-refractivity contribution in [3.05, 3.63) is 60.4 Å². The molecule has 0 saturated heterocycles. The van der Waals surface area contributed by atoms with Gasteiger partial charge in [0.25, 0.3) is 0 Å². The molecule has 0 spiro atoms. The number of benzene rings is 2. The number of esters is 1. The zero-order chi connectivity index (χ0) is 15.4. The van der Waals surface area contributed by atoms with E-state index in [1.165, 1.54) is 6.33 Å². The molecule has 118 valence electrons. The van der Waals surface area contributed by atoms with Crippen LogP contribution in [0.25, 0.3) is 10.9 Å². The third-order valence-corrected chi connectivity index (χ3v) is 3.20. The second kappa shape index (κ2) is 7.56. The van der Waals surface area contributed by atoms with E-state index in [1.54, 1.807) is 19.1 Å². The number of ether oxygens (including phenoxy) is 1. The summed E-state index contributed by atoms with van der Waals surface area (Å²) in [4.78, 5) is 20.1. The fraction of sp³-hybridized carbons (Fsp3) is 0.118. The molecule has 3 rings (SSSR count). The first-order valence-corrected chi connectivity index (χ1v) is 7.02. The van der Waals surface area contributed by atoms with Gasteiger partial charge in [-0.3, -0.25) is 0 Å². The van der Waals surface area contributed by atoms with Crippen molar-refractivity contribution in [1.29, 1.82) is 0 Å². The predicted octanol–water partition coefficient (Wildman–Crippen LogP) is 0.554. The number of hydrogen-bond acceptors (Lipinski definition) is 5. The Kier molecular flexibility index (Phi) is 5.49. The van der Waals surface area contributed by atoms with Gasteiger partial charge < -0.3 is 22.5 Å². The largest absolute Gasteiger partial charge is 1.00 e. The van der Waals surface area contributed by atoms with Crippen molar-refractivity contribution in [3.63, 3.8) is 0 Å². The monoisotopic (exact) mass is 328 g/mol. The van der Waals surface area contributed by atoms with Crippen LogP contribution >= 0.6 is 0 Å². The van der Waals surface area contributed by atoms with Crippen LogP contribution in [-0.4, -0.2) is 22.5 Å². The summed E-state index contributed by atoms with van der Waals surface area (Å²) < 4.78 is 4.96. The number of fused-ring (bicyclic) bond motifs is 1. The van der Waals surface area contributed by atoms with Gasteiger partial charge >= 0.3 is 5.97 Å². The highest BCUT2D eigenvalue weighted by atomic mass is 35.5. The minimum Gasteiger partial charge on any atom is -1.00 e. The van der Waals surface area contributed by atoms with E-state index in [4.69, 9.17) is 4.74 Å². The average Bonchev–Trinajstić information content (AvgIpc) is 2.56. The number of nitrogens with zero attached hydrogens (tertiary/aromatic N) is 2. The number of aromatic nitrogens is 2. The zero-order valence-corrected chi connectivity index (χ0v) is 13.2. The molecule has 0 aliphatic rings. The van der Waals surface area contributed by atoms with Crippen LogP contribution in [0, 0.1) is 0 Å². The van der Waals surface area contributed by atoms with Crippen LogP contribution in [0.4, 0.5) is 11.5 Å². The van der Waals surface area contributed by atoms with Crippen molar-refractivity contribution in [2.75, 3.05) is 11.9 Å². The molecular formula is C17H15ClN3O2-. The first kappa shape index (κ1) is 16.7. The normalized spacial score (nSPS) is 9.96. The number of halogens is 1. The van der Waals surface area contributed by atoms with Crippen molar-refractivity contribution in [1.82, 2.24) is 9.97 Å².